The van der Waals surface area contributed by atoms with E-state index in [4.69, 9.17) is 4.52 Å². The number of H-pyrrole nitrogens is 1. The summed E-state index contributed by atoms with van der Waals surface area (Å²) >= 11 is 0. The van der Waals surface area contributed by atoms with Gasteiger partial charge in [-0.1, -0.05) is 77.6 Å². The van der Waals surface area contributed by atoms with Crippen molar-refractivity contribution in [1.29, 1.82) is 0 Å². The number of pyridine rings is 1. The molecule has 0 aliphatic carbocycles. The number of hydrogen-bond donors (Lipinski definition) is 3. The van der Waals surface area contributed by atoms with Gasteiger partial charge in [-0.25, -0.2) is 14.4 Å². The summed E-state index contributed by atoms with van der Waals surface area (Å²) in [5.74, 6) is -0.666. The fourth-order valence-electron chi connectivity index (χ4n) is 4.04. The van der Waals surface area contributed by atoms with E-state index in [1.54, 1.807) is 24.4 Å². The first-order chi connectivity index (χ1) is 20.5. The minimum atomic E-state index is -0.585. The molecule has 2 amide bonds. The van der Waals surface area contributed by atoms with Crippen LogP contribution in [0.25, 0.3) is 27.9 Å². The van der Waals surface area contributed by atoms with Gasteiger partial charge < -0.3 is 20.1 Å². The molecule has 1 aromatic carbocycles. The van der Waals surface area contributed by atoms with E-state index < -0.39 is 11.7 Å². The maximum atomic E-state index is 15.2. The van der Waals surface area contributed by atoms with Crippen molar-refractivity contribution < 1.29 is 18.5 Å². The van der Waals surface area contributed by atoms with Crippen LogP contribution in [0, 0.1) is 5.82 Å². The molecule has 0 unspecified atom stereocenters. The van der Waals surface area contributed by atoms with Gasteiger partial charge in [-0.3, -0.25) is 9.59 Å². The van der Waals surface area contributed by atoms with Crippen LogP contribution in [0.3, 0.4) is 0 Å². The van der Waals surface area contributed by atoms with Gasteiger partial charge in [-0.15, -0.1) is 0 Å². The maximum absolute atomic E-state index is 15.2. The van der Waals surface area contributed by atoms with Gasteiger partial charge >= 0.3 is 11.8 Å². The van der Waals surface area contributed by atoms with E-state index in [-0.39, 0.29) is 29.3 Å². The highest BCUT2D eigenvalue weighted by molar-refractivity contribution is 5.93. The quantitative estimate of drug-likeness (QED) is 0.152. The van der Waals surface area contributed by atoms with Crippen molar-refractivity contribution in [3.05, 3.63) is 89.9 Å². The molecular weight excluding hydrogens is 549 g/mol. The topological polar surface area (TPSA) is 139 Å². The second-order valence-electron chi connectivity index (χ2n) is 10.2. The van der Waals surface area contributed by atoms with E-state index in [1.165, 1.54) is 12.1 Å². The van der Waals surface area contributed by atoms with Crippen LogP contribution in [-0.2, 0) is 16.8 Å². The number of nitrogens with one attached hydrogen (secondary N) is 3. The third-order valence-corrected chi connectivity index (χ3v) is 6.21. The number of benzene rings is 1. The Bertz CT molecular complexity index is 1680. The van der Waals surface area contributed by atoms with Gasteiger partial charge in [0, 0.05) is 40.6 Å². The maximum Gasteiger partial charge on any atom is 0.315 e. The normalized spacial score (nSPS) is 12.0. The number of allylic oxidation sites excluding steroid dienone is 4. The zero-order valence-corrected chi connectivity index (χ0v) is 25.6. The van der Waals surface area contributed by atoms with Gasteiger partial charge in [0.05, 0.1) is 5.52 Å². The van der Waals surface area contributed by atoms with Crippen molar-refractivity contribution in [1.82, 2.24) is 35.7 Å². The number of imidazole rings is 1. The van der Waals surface area contributed by atoms with E-state index in [1.807, 2.05) is 60.6 Å². The molecule has 11 heteroatoms. The van der Waals surface area contributed by atoms with Crippen molar-refractivity contribution in [3.63, 3.8) is 0 Å². The molecule has 0 aliphatic rings. The number of hydrogen-bond acceptors (Lipinski definition) is 7. The van der Waals surface area contributed by atoms with Gasteiger partial charge in [0.25, 0.3) is 0 Å². The predicted molar refractivity (Wildman–Crippen MR) is 165 cm³/mol. The fraction of sp³-hybridized carbons (Fsp3) is 0.312. The van der Waals surface area contributed by atoms with Crippen LogP contribution in [0.5, 0.6) is 0 Å². The van der Waals surface area contributed by atoms with Crippen LogP contribution in [0.2, 0.25) is 0 Å². The summed E-state index contributed by atoms with van der Waals surface area (Å²) < 4.78 is 20.2. The van der Waals surface area contributed by atoms with E-state index in [0.717, 1.165) is 0 Å². The Kier molecular flexibility index (Phi) is 10.8. The number of aromatic amines is 1. The lowest BCUT2D eigenvalue weighted by atomic mass is 9.96. The summed E-state index contributed by atoms with van der Waals surface area (Å²) in [4.78, 5) is 40.9. The lowest BCUT2D eigenvalue weighted by Gasteiger charge is -2.10. The average Bonchev–Trinajstić information content (AvgIpc) is 3.67. The summed E-state index contributed by atoms with van der Waals surface area (Å²) in [6.45, 7) is 17.0. The summed E-state index contributed by atoms with van der Waals surface area (Å²) in [6.07, 6.45) is 7.05. The van der Waals surface area contributed by atoms with Crippen molar-refractivity contribution >= 4 is 28.6 Å². The largest absolute Gasteiger partial charge is 0.344 e. The molecule has 0 radical (unpaired) electrons. The Morgan fingerprint density at radius 3 is 2.51 bits per heavy atom. The van der Waals surface area contributed by atoms with Crippen LogP contribution < -0.4 is 10.6 Å². The fourth-order valence-corrected chi connectivity index (χ4v) is 4.04. The Morgan fingerprint density at radius 2 is 1.91 bits per heavy atom. The van der Waals surface area contributed by atoms with Crippen molar-refractivity contribution in [2.24, 2.45) is 0 Å². The number of amides is 2. The number of halogens is 1. The second kappa shape index (κ2) is 14.3. The van der Waals surface area contributed by atoms with Gasteiger partial charge in [0.1, 0.15) is 11.6 Å². The second-order valence-corrected chi connectivity index (χ2v) is 10.2. The van der Waals surface area contributed by atoms with Crippen LogP contribution in [-0.4, -0.2) is 36.9 Å². The monoisotopic (exact) mass is 587 g/mol. The Labute approximate surface area is 250 Å². The van der Waals surface area contributed by atoms with Crippen LogP contribution in [0.1, 0.15) is 82.8 Å². The third kappa shape index (κ3) is 7.68. The number of rotatable bonds is 9. The smallest absolute Gasteiger partial charge is 0.315 e. The number of nitrogens with zero attached hydrogens (tertiary/aromatic N) is 4. The summed E-state index contributed by atoms with van der Waals surface area (Å²) in [5.41, 5.74) is 3.62. The standard InChI is InChI=1S/C30H32FN7O3.C2H6/c1-7-10-20(22(8-2)34-23(39)9-3)25-35-24-19(13-14-32-26(24)36-25)17-11-12-18(21(31)15-17)16-33-27(40)28-37-29(38-41-28)30(4,5)6;1-2/h7,9-15H,3,8,16H2,1-2,4-6H3,(H,33,40)(H,34,39)(H,32,35,36);1-2H3/b10-7-,22-20-;. The third-order valence-electron chi connectivity index (χ3n) is 6.21. The summed E-state index contributed by atoms with van der Waals surface area (Å²) in [5, 5.41) is 9.30. The molecule has 0 atom stereocenters. The molecule has 10 nitrogen and oxygen atoms in total. The molecule has 0 saturated carbocycles. The van der Waals surface area contributed by atoms with Crippen LogP contribution >= 0.6 is 0 Å². The molecule has 4 rings (SSSR count). The van der Waals surface area contributed by atoms with Crippen molar-refractivity contribution in [2.75, 3.05) is 0 Å². The van der Waals surface area contributed by atoms with E-state index in [2.05, 4.69) is 42.3 Å². The van der Waals surface area contributed by atoms with Gasteiger partial charge in [0.15, 0.2) is 11.5 Å². The number of carbonyl (C=O) groups is 2. The lowest BCUT2D eigenvalue weighted by molar-refractivity contribution is -0.115. The molecule has 4 aromatic rings. The van der Waals surface area contributed by atoms with E-state index in [0.29, 0.717) is 51.6 Å². The Hall–Kier alpha value is -4.93. The van der Waals surface area contributed by atoms with Crippen LogP contribution in [0.15, 0.2) is 65.5 Å². The van der Waals surface area contributed by atoms with Crippen LogP contribution in [0.4, 0.5) is 4.39 Å². The lowest BCUT2D eigenvalue weighted by Crippen LogP contribution is -2.24. The Morgan fingerprint density at radius 1 is 1.16 bits per heavy atom. The van der Waals surface area contributed by atoms with Crippen molar-refractivity contribution in [3.8, 4) is 11.1 Å². The predicted octanol–water partition coefficient (Wildman–Crippen LogP) is 6.40. The molecule has 0 spiro atoms. The minimum Gasteiger partial charge on any atom is -0.344 e. The Balaban J connectivity index is 0.00000248. The highest BCUT2D eigenvalue weighted by Gasteiger charge is 2.24. The van der Waals surface area contributed by atoms with E-state index in [9.17, 15) is 9.59 Å². The molecule has 0 bridgehead atoms. The molecular formula is C32H38FN7O3. The molecule has 0 saturated heterocycles. The zero-order chi connectivity index (χ0) is 31.7. The molecule has 43 heavy (non-hydrogen) atoms. The number of aromatic nitrogens is 5. The highest BCUT2D eigenvalue weighted by atomic mass is 19.1. The minimum absolute atomic E-state index is 0.0636. The molecule has 3 aromatic heterocycles. The molecule has 0 aliphatic heterocycles. The van der Waals surface area contributed by atoms with Crippen molar-refractivity contribution in [2.45, 2.75) is 66.8 Å². The van der Waals surface area contributed by atoms with E-state index >= 15 is 4.39 Å². The van der Waals surface area contributed by atoms with Gasteiger partial charge in [-0.05, 0) is 37.1 Å². The summed E-state index contributed by atoms with van der Waals surface area (Å²) in [6, 6.07) is 6.52. The van der Waals surface area contributed by atoms with Gasteiger partial charge in [0.2, 0.25) is 5.91 Å². The first-order valence-electron chi connectivity index (χ1n) is 14.1. The molecule has 3 heterocycles. The summed E-state index contributed by atoms with van der Waals surface area (Å²) in [7, 11) is 0. The number of fused-ring (bicyclic) bond motifs is 1. The first-order valence-corrected chi connectivity index (χ1v) is 14.1. The number of carbonyl (C=O) groups excluding carboxylic acids is 2. The molecule has 3 N–H and O–H groups in total. The molecule has 0 fully saturated rings. The first kappa shape index (κ1) is 32.6. The van der Waals surface area contributed by atoms with Gasteiger partial charge in [-0.2, -0.15) is 4.98 Å². The average molecular weight is 588 g/mol. The SMILES string of the molecule is C=CC(=O)N/C(CC)=C(/C=C\C)c1nc2nccc(-c3ccc(CNC(=O)c4nc(C(C)(C)C)no4)c(F)c3)c2[nH]1.CC. The highest BCUT2D eigenvalue weighted by Crippen LogP contribution is 2.30. The molecule has 226 valence electrons. The zero-order valence-electron chi connectivity index (χ0n) is 25.6.